The van der Waals surface area contributed by atoms with Gasteiger partial charge in [0.15, 0.2) is 0 Å². The van der Waals surface area contributed by atoms with Crippen LogP contribution in [0.2, 0.25) is 5.02 Å². The number of hydrogen-bond donors (Lipinski definition) is 1. The minimum atomic E-state index is -3.79. The van der Waals surface area contributed by atoms with E-state index in [-0.39, 0.29) is 21.3 Å². The van der Waals surface area contributed by atoms with E-state index in [1.165, 1.54) is 24.4 Å². The first-order chi connectivity index (χ1) is 9.44. The van der Waals surface area contributed by atoms with Crippen molar-refractivity contribution in [1.29, 1.82) is 5.26 Å². The van der Waals surface area contributed by atoms with Crippen molar-refractivity contribution < 1.29 is 8.42 Å². The molecule has 0 amide bonds. The van der Waals surface area contributed by atoms with Gasteiger partial charge in [0.2, 0.25) is 0 Å². The third-order valence-corrected chi connectivity index (χ3v) is 4.26. The number of nitrogens with one attached hydrogen (secondary N) is 1. The minimum Gasteiger partial charge on any atom is -0.263 e. The lowest BCUT2D eigenvalue weighted by Gasteiger charge is -2.09. The first kappa shape index (κ1) is 14.3. The topological polar surface area (TPSA) is 82.8 Å². The fourth-order valence-electron chi connectivity index (χ4n) is 1.53. The number of sulfonamides is 1. The van der Waals surface area contributed by atoms with Gasteiger partial charge in [-0.2, -0.15) is 5.26 Å². The number of rotatable bonds is 3. The maximum atomic E-state index is 12.2. The highest BCUT2D eigenvalue weighted by molar-refractivity contribution is 7.92. The average Bonchev–Trinajstić information content (AvgIpc) is 2.41. The summed E-state index contributed by atoms with van der Waals surface area (Å²) in [6, 6.07) is 9.26. The van der Waals surface area contributed by atoms with Crippen molar-refractivity contribution in [3.8, 4) is 6.07 Å². The van der Waals surface area contributed by atoms with E-state index < -0.39 is 10.0 Å². The second kappa shape index (κ2) is 5.49. The summed E-state index contributed by atoms with van der Waals surface area (Å²) in [6.45, 7) is 1.75. The molecule has 0 saturated heterocycles. The van der Waals surface area contributed by atoms with Gasteiger partial charge in [-0.3, -0.25) is 4.72 Å². The van der Waals surface area contributed by atoms with Crippen LogP contribution in [0.4, 0.5) is 5.82 Å². The van der Waals surface area contributed by atoms with Crippen LogP contribution in [0.15, 0.2) is 41.4 Å². The van der Waals surface area contributed by atoms with Crippen LogP contribution in [0, 0.1) is 18.3 Å². The zero-order valence-electron chi connectivity index (χ0n) is 10.5. The van der Waals surface area contributed by atoms with E-state index in [1.807, 2.05) is 6.07 Å². The highest BCUT2D eigenvalue weighted by Crippen LogP contribution is 2.22. The van der Waals surface area contributed by atoms with E-state index in [0.29, 0.717) is 5.56 Å². The molecule has 0 saturated carbocycles. The molecule has 5 nitrogen and oxygen atoms in total. The number of aryl methyl sites for hydroxylation is 1. The van der Waals surface area contributed by atoms with Crippen LogP contribution in [-0.4, -0.2) is 13.4 Å². The van der Waals surface area contributed by atoms with Gasteiger partial charge in [0.25, 0.3) is 10.0 Å². The van der Waals surface area contributed by atoms with Crippen LogP contribution in [0.5, 0.6) is 0 Å². The third kappa shape index (κ3) is 2.90. The molecule has 0 fully saturated rings. The van der Waals surface area contributed by atoms with Gasteiger partial charge in [0.05, 0.1) is 15.5 Å². The number of nitriles is 1. The molecule has 0 aliphatic rings. The lowest BCUT2D eigenvalue weighted by Crippen LogP contribution is -2.14. The molecule has 20 heavy (non-hydrogen) atoms. The predicted octanol–water partition coefficient (Wildman–Crippen LogP) is 2.72. The Kier molecular flexibility index (Phi) is 3.93. The molecule has 0 aliphatic carbocycles. The molecule has 2 aromatic rings. The monoisotopic (exact) mass is 307 g/mol. The largest absolute Gasteiger partial charge is 0.263 e. The van der Waals surface area contributed by atoms with Crippen molar-refractivity contribution in [3.05, 3.63) is 52.7 Å². The molecular weight excluding hydrogens is 298 g/mol. The summed E-state index contributed by atoms with van der Waals surface area (Å²) in [5, 5.41) is 8.87. The van der Waals surface area contributed by atoms with Crippen molar-refractivity contribution in [2.24, 2.45) is 0 Å². The van der Waals surface area contributed by atoms with Crippen LogP contribution in [0.1, 0.15) is 11.1 Å². The van der Waals surface area contributed by atoms with E-state index in [1.54, 1.807) is 19.1 Å². The fraction of sp³-hybridized carbons (Fsp3) is 0.0769. The smallest absolute Gasteiger partial charge is 0.263 e. The summed E-state index contributed by atoms with van der Waals surface area (Å²) >= 11 is 5.84. The van der Waals surface area contributed by atoms with Gasteiger partial charge in [-0.15, -0.1) is 0 Å². The Morgan fingerprint density at radius 1 is 1.35 bits per heavy atom. The maximum Gasteiger partial charge on any atom is 0.263 e. The van der Waals surface area contributed by atoms with Crippen LogP contribution >= 0.6 is 11.6 Å². The van der Waals surface area contributed by atoms with Gasteiger partial charge in [0, 0.05) is 6.20 Å². The van der Waals surface area contributed by atoms with E-state index in [9.17, 15) is 8.42 Å². The molecule has 2 rings (SSSR count). The number of halogens is 1. The molecule has 0 aliphatic heterocycles. The van der Waals surface area contributed by atoms with E-state index >= 15 is 0 Å². The Balaban J connectivity index is 2.39. The summed E-state index contributed by atoms with van der Waals surface area (Å²) in [7, 11) is -3.79. The number of hydrogen-bond acceptors (Lipinski definition) is 4. The second-order valence-electron chi connectivity index (χ2n) is 4.03. The lowest BCUT2D eigenvalue weighted by atomic mass is 10.2. The molecular formula is C13H10ClN3O2S. The molecule has 7 heteroatoms. The number of aromatic nitrogens is 1. The molecule has 0 unspecified atom stereocenters. The van der Waals surface area contributed by atoms with Crippen molar-refractivity contribution >= 4 is 27.4 Å². The molecule has 1 heterocycles. The Bertz CT molecular complexity index is 798. The van der Waals surface area contributed by atoms with Gasteiger partial charge in [-0.05, 0) is 36.8 Å². The second-order valence-corrected chi connectivity index (χ2v) is 6.12. The molecule has 0 radical (unpaired) electrons. The van der Waals surface area contributed by atoms with Crippen molar-refractivity contribution in [2.75, 3.05) is 4.72 Å². The quantitative estimate of drug-likeness (QED) is 0.945. The van der Waals surface area contributed by atoms with E-state index in [0.717, 1.165) is 0 Å². The number of nitrogens with zero attached hydrogens (tertiary/aromatic N) is 2. The summed E-state index contributed by atoms with van der Waals surface area (Å²) in [5.41, 5.74) is 0.926. The lowest BCUT2D eigenvalue weighted by molar-refractivity contribution is 0.601. The molecule has 0 spiro atoms. The number of benzene rings is 1. The van der Waals surface area contributed by atoms with Crippen LogP contribution in [0.3, 0.4) is 0 Å². The Labute approximate surface area is 121 Å². The van der Waals surface area contributed by atoms with Gasteiger partial charge in [-0.1, -0.05) is 17.7 Å². The summed E-state index contributed by atoms with van der Waals surface area (Å²) in [6.07, 6.45) is 1.50. The zero-order chi connectivity index (χ0) is 14.8. The Morgan fingerprint density at radius 2 is 2.10 bits per heavy atom. The summed E-state index contributed by atoms with van der Waals surface area (Å²) in [5.74, 6) is 0.257. The highest BCUT2D eigenvalue weighted by atomic mass is 35.5. The normalized spacial score (nSPS) is 10.8. The van der Waals surface area contributed by atoms with Crippen LogP contribution in [-0.2, 0) is 10.0 Å². The van der Waals surface area contributed by atoms with Crippen molar-refractivity contribution in [1.82, 2.24) is 4.98 Å². The van der Waals surface area contributed by atoms with E-state index in [2.05, 4.69) is 9.71 Å². The fourth-order valence-corrected chi connectivity index (χ4v) is 2.93. The number of anilines is 1. The standard InChI is InChI=1S/C13H10ClN3O2S/c1-9-3-2-6-16-13(9)17-20(18,19)11-5-4-10(8-15)12(14)7-11/h2-7H,1H3,(H,16,17). The first-order valence-electron chi connectivity index (χ1n) is 5.58. The molecule has 1 aromatic heterocycles. The highest BCUT2D eigenvalue weighted by Gasteiger charge is 2.17. The molecule has 0 atom stereocenters. The zero-order valence-corrected chi connectivity index (χ0v) is 12.0. The SMILES string of the molecule is Cc1cccnc1NS(=O)(=O)c1ccc(C#N)c(Cl)c1. The predicted molar refractivity (Wildman–Crippen MR) is 75.9 cm³/mol. The minimum absolute atomic E-state index is 0.0217. The summed E-state index contributed by atoms with van der Waals surface area (Å²) < 4.78 is 26.8. The maximum absolute atomic E-state index is 12.2. The molecule has 1 N–H and O–H groups in total. The van der Waals surface area contributed by atoms with Gasteiger partial charge in [0.1, 0.15) is 11.9 Å². The third-order valence-electron chi connectivity index (χ3n) is 2.61. The van der Waals surface area contributed by atoms with Crippen LogP contribution < -0.4 is 4.72 Å². The number of pyridine rings is 1. The van der Waals surface area contributed by atoms with Gasteiger partial charge in [-0.25, -0.2) is 13.4 Å². The van der Waals surface area contributed by atoms with Crippen molar-refractivity contribution in [2.45, 2.75) is 11.8 Å². The molecule has 102 valence electrons. The molecule has 0 bridgehead atoms. The Morgan fingerprint density at radius 3 is 2.70 bits per heavy atom. The van der Waals surface area contributed by atoms with Crippen molar-refractivity contribution in [3.63, 3.8) is 0 Å². The molecule has 1 aromatic carbocycles. The van der Waals surface area contributed by atoms with Gasteiger partial charge >= 0.3 is 0 Å². The van der Waals surface area contributed by atoms with E-state index in [4.69, 9.17) is 16.9 Å². The summed E-state index contributed by atoms with van der Waals surface area (Å²) in [4.78, 5) is 3.95. The average molecular weight is 308 g/mol. The van der Waals surface area contributed by atoms with Gasteiger partial charge < -0.3 is 0 Å². The Hall–Kier alpha value is -2.10. The van der Waals surface area contributed by atoms with Crippen LogP contribution in [0.25, 0.3) is 0 Å². The first-order valence-corrected chi connectivity index (χ1v) is 7.44.